The Balaban J connectivity index is 1.81. The molecule has 0 unspecified atom stereocenters. The Kier molecular flexibility index (Phi) is 6.22. The van der Waals surface area contributed by atoms with Crippen LogP contribution >= 0.6 is 0 Å². The first-order chi connectivity index (χ1) is 14.1. The fourth-order valence-electron chi connectivity index (χ4n) is 2.47. The topological polar surface area (TPSA) is 97.6 Å². The highest BCUT2D eigenvalue weighted by Crippen LogP contribution is 2.13. The highest BCUT2D eigenvalue weighted by atomic mass is 16.5. The molecule has 0 aliphatic heterocycles. The molecule has 0 saturated heterocycles. The zero-order valence-electron chi connectivity index (χ0n) is 15.5. The monoisotopic (exact) mass is 390 g/mol. The molecule has 7 nitrogen and oxygen atoms in total. The van der Waals surface area contributed by atoms with Crippen LogP contribution in [0.5, 0.6) is 0 Å². The van der Waals surface area contributed by atoms with E-state index in [-0.39, 0.29) is 11.5 Å². The van der Waals surface area contributed by atoms with E-state index >= 15 is 0 Å². The van der Waals surface area contributed by atoms with Gasteiger partial charge in [-0.15, -0.1) is 0 Å². The molecule has 0 saturated carbocycles. The molecule has 29 heavy (non-hydrogen) atoms. The molecule has 0 spiro atoms. The number of carbonyl (C=O) groups excluding carboxylic acids is 3. The quantitative estimate of drug-likeness (QED) is 0.496. The Morgan fingerprint density at radius 3 is 2.28 bits per heavy atom. The van der Waals surface area contributed by atoms with Crippen LogP contribution < -0.4 is 10.6 Å². The minimum atomic E-state index is -0.548. The number of carbonyl (C=O) groups is 3. The van der Waals surface area contributed by atoms with Crippen molar-refractivity contribution in [2.45, 2.75) is 0 Å². The van der Waals surface area contributed by atoms with Crippen LogP contribution in [0.15, 0.2) is 83.1 Å². The van der Waals surface area contributed by atoms with Gasteiger partial charge in [-0.25, -0.2) is 4.79 Å². The Labute approximate surface area is 167 Å². The molecule has 0 aliphatic rings. The van der Waals surface area contributed by atoms with Crippen molar-refractivity contribution in [2.75, 3.05) is 12.4 Å². The summed E-state index contributed by atoms with van der Waals surface area (Å²) in [5.74, 6) is -1.47. The summed E-state index contributed by atoms with van der Waals surface area (Å²) < 4.78 is 9.73. The third kappa shape index (κ3) is 5.20. The standard InChI is InChI=1S/C22H18N2O5/c1-28-22(27)16-9-11-17(12-10-16)23-20(25)18(14-15-6-3-2-4-7-15)24-21(26)19-8-5-13-29-19/h2-14H,1H3,(H,23,25)(H,24,26)/b18-14-. The van der Waals surface area contributed by atoms with E-state index < -0.39 is 17.8 Å². The molecule has 1 heterocycles. The Bertz CT molecular complexity index is 1020. The molecule has 146 valence electrons. The smallest absolute Gasteiger partial charge is 0.337 e. The maximum Gasteiger partial charge on any atom is 0.337 e. The molecule has 3 rings (SSSR count). The van der Waals surface area contributed by atoms with E-state index in [9.17, 15) is 14.4 Å². The minimum Gasteiger partial charge on any atom is -0.465 e. The van der Waals surface area contributed by atoms with Crippen molar-refractivity contribution in [3.8, 4) is 0 Å². The summed E-state index contributed by atoms with van der Waals surface area (Å²) in [6.07, 6.45) is 2.93. The highest BCUT2D eigenvalue weighted by Gasteiger charge is 2.17. The number of benzene rings is 2. The molecule has 0 atom stereocenters. The molecule has 2 amide bonds. The zero-order chi connectivity index (χ0) is 20.6. The Morgan fingerprint density at radius 2 is 1.66 bits per heavy atom. The summed E-state index contributed by atoms with van der Waals surface area (Å²) >= 11 is 0. The number of nitrogens with one attached hydrogen (secondary N) is 2. The number of rotatable bonds is 6. The second-order valence-corrected chi connectivity index (χ2v) is 5.92. The second-order valence-electron chi connectivity index (χ2n) is 5.92. The van der Waals surface area contributed by atoms with Gasteiger partial charge in [-0.05, 0) is 48.0 Å². The first kappa shape index (κ1) is 19.6. The van der Waals surface area contributed by atoms with Gasteiger partial charge in [0.1, 0.15) is 5.70 Å². The first-order valence-corrected chi connectivity index (χ1v) is 8.68. The van der Waals surface area contributed by atoms with Crippen molar-refractivity contribution in [3.05, 3.63) is 95.6 Å². The molecular formula is C22H18N2O5. The van der Waals surface area contributed by atoms with Gasteiger partial charge in [0.25, 0.3) is 11.8 Å². The van der Waals surface area contributed by atoms with Gasteiger partial charge in [-0.1, -0.05) is 30.3 Å². The van der Waals surface area contributed by atoms with Crippen molar-refractivity contribution < 1.29 is 23.5 Å². The maximum atomic E-state index is 12.8. The number of furan rings is 1. The van der Waals surface area contributed by atoms with Gasteiger partial charge in [0.05, 0.1) is 18.9 Å². The highest BCUT2D eigenvalue weighted by molar-refractivity contribution is 6.10. The summed E-state index contributed by atoms with van der Waals surface area (Å²) in [6, 6.07) is 18.4. The first-order valence-electron chi connectivity index (χ1n) is 8.68. The summed E-state index contributed by atoms with van der Waals surface area (Å²) in [5.41, 5.74) is 1.58. The molecule has 1 aromatic heterocycles. The SMILES string of the molecule is COC(=O)c1ccc(NC(=O)/C(=C/c2ccccc2)NC(=O)c2ccco2)cc1. The van der Waals surface area contributed by atoms with Crippen LogP contribution in [0.2, 0.25) is 0 Å². The van der Waals surface area contributed by atoms with Crippen molar-refractivity contribution in [3.63, 3.8) is 0 Å². The van der Waals surface area contributed by atoms with Crippen molar-refractivity contribution in [2.24, 2.45) is 0 Å². The van der Waals surface area contributed by atoms with Crippen molar-refractivity contribution >= 4 is 29.5 Å². The molecule has 3 aromatic rings. The average molecular weight is 390 g/mol. The Morgan fingerprint density at radius 1 is 0.931 bits per heavy atom. The van der Waals surface area contributed by atoms with Crippen molar-refractivity contribution in [1.82, 2.24) is 5.32 Å². The second kappa shape index (κ2) is 9.18. The predicted octanol–water partition coefficient (Wildman–Crippen LogP) is 3.48. The van der Waals surface area contributed by atoms with Gasteiger partial charge in [-0.3, -0.25) is 9.59 Å². The third-order valence-corrected chi connectivity index (χ3v) is 3.91. The van der Waals surface area contributed by atoms with E-state index in [0.717, 1.165) is 5.56 Å². The Hall–Kier alpha value is -4.13. The summed E-state index contributed by atoms with van der Waals surface area (Å²) in [6.45, 7) is 0. The number of anilines is 1. The lowest BCUT2D eigenvalue weighted by molar-refractivity contribution is -0.113. The van der Waals surface area contributed by atoms with E-state index in [1.54, 1.807) is 36.4 Å². The number of amides is 2. The van der Waals surface area contributed by atoms with Crippen LogP contribution in [0.4, 0.5) is 5.69 Å². The van der Waals surface area contributed by atoms with E-state index in [0.29, 0.717) is 11.3 Å². The van der Waals surface area contributed by atoms with E-state index in [1.165, 1.54) is 31.6 Å². The number of hydrogen-bond donors (Lipinski definition) is 2. The van der Waals surface area contributed by atoms with Crippen LogP contribution in [-0.2, 0) is 9.53 Å². The van der Waals surface area contributed by atoms with E-state index in [4.69, 9.17) is 4.42 Å². The fraction of sp³-hybridized carbons (Fsp3) is 0.0455. The molecule has 2 aromatic carbocycles. The minimum absolute atomic E-state index is 0.0367. The molecule has 7 heteroatoms. The van der Waals surface area contributed by atoms with Crippen LogP contribution in [0.3, 0.4) is 0 Å². The molecule has 0 fully saturated rings. The summed E-state index contributed by atoms with van der Waals surface area (Å²) in [5, 5.41) is 5.26. The lowest BCUT2D eigenvalue weighted by atomic mass is 10.1. The van der Waals surface area contributed by atoms with Crippen LogP contribution in [-0.4, -0.2) is 24.9 Å². The molecule has 2 N–H and O–H groups in total. The number of methoxy groups -OCH3 is 1. The van der Waals surface area contributed by atoms with Crippen LogP contribution in [0.25, 0.3) is 6.08 Å². The van der Waals surface area contributed by atoms with Crippen LogP contribution in [0.1, 0.15) is 26.5 Å². The number of hydrogen-bond acceptors (Lipinski definition) is 5. The molecule has 0 aliphatic carbocycles. The van der Waals surface area contributed by atoms with Gasteiger partial charge in [0.15, 0.2) is 5.76 Å². The maximum absolute atomic E-state index is 12.8. The zero-order valence-corrected chi connectivity index (χ0v) is 15.5. The van der Waals surface area contributed by atoms with Gasteiger partial charge in [0.2, 0.25) is 0 Å². The normalized spacial score (nSPS) is 10.9. The molecule has 0 bridgehead atoms. The van der Waals surface area contributed by atoms with Gasteiger partial charge in [-0.2, -0.15) is 0 Å². The predicted molar refractivity (Wildman–Crippen MR) is 107 cm³/mol. The summed E-state index contributed by atoms with van der Waals surface area (Å²) in [4.78, 5) is 36.6. The third-order valence-electron chi connectivity index (χ3n) is 3.91. The lowest BCUT2D eigenvalue weighted by Crippen LogP contribution is -2.30. The lowest BCUT2D eigenvalue weighted by Gasteiger charge is -2.11. The van der Waals surface area contributed by atoms with Gasteiger partial charge < -0.3 is 19.8 Å². The van der Waals surface area contributed by atoms with E-state index in [1.807, 2.05) is 18.2 Å². The van der Waals surface area contributed by atoms with Crippen LogP contribution in [0, 0.1) is 0 Å². The molecular weight excluding hydrogens is 372 g/mol. The number of ether oxygens (including phenoxy) is 1. The number of esters is 1. The molecule has 0 radical (unpaired) electrons. The van der Waals surface area contributed by atoms with Crippen molar-refractivity contribution in [1.29, 1.82) is 0 Å². The largest absolute Gasteiger partial charge is 0.465 e. The summed E-state index contributed by atoms with van der Waals surface area (Å²) in [7, 11) is 1.29. The van der Waals surface area contributed by atoms with Gasteiger partial charge in [0, 0.05) is 5.69 Å². The van der Waals surface area contributed by atoms with Gasteiger partial charge >= 0.3 is 5.97 Å². The average Bonchev–Trinajstić information content (AvgIpc) is 3.29. The fourth-order valence-corrected chi connectivity index (χ4v) is 2.47. The van der Waals surface area contributed by atoms with E-state index in [2.05, 4.69) is 15.4 Å².